The van der Waals surface area contributed by atoms with Crippen molar-refractivity contribution in [3.8, 4) is 0 Å². The minimum Gasteiger partial charge on any atom is -0.352 e. The van der Waals surface area contributed by atoms with Crippen LogP contribution in [0.1, 0.15) is 38.2 Å². The van der Waals surface area contributed by atoms with Crippen LogP contribution in [-0.2, 0) is 18.0 Å². The number of hydrogen-bond donors (Lipinski definition) is 3. The minimum atomic E-state index is -4.58. The Kier molecular flexibility index (Phi) is 5.37. The molecule has 3 heterocycles. The Hall–Kier alpha value is -3.12. The lowest BCUT2D eigenvalue weighted by Crippen LogP contribution is -2.50. The Balaban J connectivity index is 1.40. The van der Waals surface area contributed by atoms with Crippen LogP contribution < -0.4 is 20.9 Å². The van der Waals surface area contributed by atoms with E-state index in [1.165, 1.54) is 7.05 Å². The van der Waals surface area contributed by atoms with Crippen LogP contribution in [0.15, 0.2) is 0 Å². The molecule has 1 atom stereocenters. The van der Waals surface area contributed by atoms with Crippen LogP contribution in [0.25, 0.3) is 0 Å². The van der Waals surface area contributed by atoms with E-state index in [1.807, 2.05) is 32.7 Å². The average Bonchev–Trinajstić information content (AvgIpc) is 3.02. The number of carbonyl (C=O) groups excluding carboxylic acids is 1. The summed E-state index contributed by atoms with van der Waals surface area (Å²) in [6.45, 7) is 5.78. The van der Waals surface area contributed by atoms with Crippen LogP contribution in [0, 0.1) is 12.8 Å². The second-order valence-electron chi connectivity index (χ2n) is 8.65. The maximum absolute atomic E-state index is 12.8. The SMILES string of the molecule is Cc1nc(NC2CC(Nc3nc(C(F)(F)F)nn3C)C2)nc2c1NC(=O)C(C(C)C)N2C. The van der Waals surface area contributed by atoms with Crippen molar-refractivity contribution < 1.29 is 18.0 Å². The van der Waals surface area contributed by atoms with Gasteiger partial charge in [-0.2, -0.15) is 23.1 Å². The average molecular weight is 453 g/mol. The molecule has 2 aliphatic rings. The number of nitrogens with zero attached hydrogens (tertiary/aromatic N) is 6. The number of fused-ring (bicyclic) bond motifs is 1. The molecule has 10 nitrogen and oxygen atoms in total. The van der Waals surface area contributed by atoms with Gasteiger partial charge in [0.2, 0.25) is 17.8 Å². The lowest BCUT2D eigenvalue weighted by Gasteiger charge is -2.38. The fraction of sp³-hybridized carbons (Fsp3) is 0.632. The maximum atomic E-state index is 12.8. The van der Waals surface area contributed by atoms with Gasteiger partial charge in [0, 0.05) is 26.2 Å². The van der Waals surface area contributed by atoms with Crippen LogP contribution in [0.4, 0.5) is 36.6 Å². The van der Waals surface area contributed by atoms with Gasteiger partial charge in [-0.25, -0.2) is 9.67 Å². The molecule has 174 valence electrons. The number of rotatable bonds is 5. The van der Waals surface area contributed by atoms with Gasteiger partial charge in [0.1, 0.15) is 11.7 Å². The third-order valence-corrected chi connectivity index (χ3v) is 5.79. The minimum absolute atomic E-state index is 0.0394. The van der Waals surface area contributed by atoms with Crippen LogP contribution in [0.5, 0.6) is 0 Å². The molecule has 1 aliphatic heterocycles. The molecule has 1 aliphatic carbocycles. The number of amides is 1. The van der Waals surface area contributed by atoms with Crippen molar-refractivity contribution in [2.24, 2.45) is 13.0 Å². The first kappa shape index (κ1) is 22.1. The summed E-state index contributed by atoms with van der Waals surface area (Å²) in [5, 5.41) is 12.6. The smallest absolute Gasteiger partial charge is 0.352 e. The molecule has 0 bridgehead atoms. The summed E-state index contributed by atoms with van der Waals surface area (Å²) in [7, 11) is 3.26. The van der Waals surface area contributed by atoms with Gasteiger partial charge in [0.25, 0.3) is 5.82 Å². The van der Waals surface area contributed by atoms with Crippen LogP contribution in [-0.4, -0.2) is 55.8 Å². The predicted octanol–water partition coefficient (Wildman–Crippen LogP) is 2.40. The molecule has 2 aromatic heterocycles. The Bertz CT molecular complexity index is 1030. The second kappa shape index (κ2) is 7.78. The number of aromatic nitrogens is 5. The molecule has 1 amide bonds. The van der Waals surface area contributed by atoms with Crippen molar-refractivity contribution in [2.75, 3.05) is 27.9 Å². The standard InChI is InChI=1S/C19H26F3N9O/c1-8(2)13-15(32)26-12-9(3)23-17(27-14(12)30(13)4)24-10-6-11(7-10)25-18-28-16(19(20,21)22)29-31(18)5/h8,10-11,13H,6-7H2,1-5H3,(H,26,32)(H,23,24,27)(H,25,28,29). The summed E-state index contributed by atoms with van der Waals surface area (Å²) in [4.78, 5) is 26.9. The van der Waals surface area contributed by atoms with Crippen LogP contribution in [0.2, 0.25) is 0 Å². The first-order chi connectivity index (χ1) is 14.9. The first-order valence-corrected chi connectivity index (χ1v) is 10.4. The highest BCUT2D eigenvalue weighted by Gasteiger charge is 2.38. The van der Waals surface area contributed by atoms with Crippen LogP contribution in [0.3, 0.4) is 0 Å². The van der Waals surface area contributed by atoms with Gasteiger partial charge in [-0.05, 0) is 25.7 Å². The number of alkyl halides is 3. The molecule has 2 aromatic rings. The molecule has 0 spiro atoms. The Morgan fingerprint density at radius 3 is 2.34 bits per heavy atom. The molecule has 32 heavy (non-hydrogen) atoms. The maximum Gasteiger partial charge on any atom is 0.453 e. The lowest BCUT2D eigenvalue weighted by molar-refractivity contribution is -0.144. The van der Waals surface area contributed by atoms with E-state index in [0.717, 1.165) is 4.68 Å². The van der Waals surface area contributed by atoms with E-state index in [-0.39, 0.29) is 35.9 Å². The Labute approximate surface area is 183 Å². The Morgan fingerprint density at radius 1 is 1.09 bits per heavy atom. The summed E-state index contributed by atoms with van der Waals surface area (Å²) in [6, 6.07) is -0.304. The quantitative estimate of drug-likeness (QED) is 0.633. The molecule has 3 N–H and O–H groups in total. The van der Waals surface area contributed by atoms with Gasteiger partial charge in [0.05, 0.1) is 5.69 Å². The third-order valence-electron chi connectivity index (χ3n) is 5.79. The van der Waals surface area contributed by atoms with E-state index in [1.54, 1.807) is 0 Å². The number of nitrogens with one attached hydrogen (secondary N) is 3. The zero-order valence-electron chi connectivity index (χ0n) is 18.4. The zero-order chi connectivity index (χ0) is 23.4. The molecule has 1 unspecified atom stereocenters. The molecule has 1 saturated carbocycles. The second-order valence-corrected chi connectivity index (χ2v) is 8.65. The molecule has 13 heteroatoms. The number of likely N-dealkylation sites (N-methyl/N-ethyl adjacent to an activating group) is 1. The van der Waals surface area contributed by atoms with Crippen molar-refractivity contribution in [1.82, 2.24) is 24.7 Å². The van der Waals surface area contributed by atoms with Crippen molar-refractivity contribution in [2.45, 2.75) is 57.9 Å². The van der Waals surface area contributed by atoms with E-state index < -0.39 is 12.0 Å². The number of anilines is 4. The van der Waals surface area contributed by atoms with Crippen molar-refractivity contribution in [3.05, 3.63) is 11.5 Å². The van der Waals surface area contributed by atoms with Crippen molar-refractivity contribution >= 4 is 29.3 Å². The van der Waals surface area contributed by atoms with E-state index >= 15 is 0 Å². The normalized spacial score (nSPS) is 23.0. The predicted molar refractivity (Wildman–Crippen MR) is 112 cm³/mol. The van der Waals surface area contributed by atoms with Crippen molar-refractivity contribution in [3.63, 3.8) is 0 Å². The van der Waals surface area contributed by atoms with Crippen LogP contribution >= 0.6 is 0 Å². The molecule has 0 aromatic carbocycles. The monoisotopic (exact) mass is 453 g/mol. The number of aryl methyl sites for hydroxylation is 2. The van der Waals surface area contributed by atoms with Gasteiger partial charge in [-0.1, -0.05) is 13.8 Å². The number of hydrogen-bond acceptors (Lipinski definition) is 8. The summed E-state index contributed by atoms with van der Waals surface area (Å²) in [6.07, 6.45) is -3.26. The third kappa shape index (κ3) is 4.02. The number of halogens is 3. The van der Waals surface area contributed by atoms with Crippen molar-refractivity contribution in [1.29, 1.82) is 0 Å². The molecule has 0 saturated heterocycles. The molecule has 4 rings (SSSR count). The first-order valence-electron chi connectivity index (χ1n) is 10.4. The largest absolute Gasteiger partial charge is 0.453 e. The fourth-order valence-corrected chi connectivity index (χ4v) is 4.13. The van der Waals surface area contributed by atoms with Gasteiger partial charge >= 0.3 is 6.18 Å². The highest BCUT2D eigenvalue weighted by Crippen LogP contribution is 2.35. The summed E-state index contributed by atoms with van der Waals surface area (Å²) in [5.74, 6) is 0.0629. The van der Waals surface area contributed by atoms with E-state index in [4.69, 9.17) is 0 Å². The number of carbonyl (C=O) groups is 1. The van der Waals surface area contributed by atoms with E-state index in [9.17, 15) is 18.0 Å². The zero-order valence-corrected chi connectivity index (χ0v) is 18.4. The fourth-order valence-electron chi connectivity index (χ4n) is 4.13. The summed E-state index contributed by atoms with van der Waals surface area (Å²) >= 11 is 0. The lowest BCUT2D eigenvalue weighted by atomic mass is 9.87. The summed E-state index contributed by atoms with van der Waals surface area (Å²) < 4.78 is 39.4. The Morgan fingerprint density at radius 2 is 1.75 bits per heavy atom. The highest BCUT2D eigenvalue weighted by molar-refractivity contribution is 6.03. The topological polar surface area (TPSA) is 113 Å². The van der Waals surface area contributed by atoms with Gasteiger partial charge < -0.3 is 20.9 Å². The van der Waals surface area contributed by atoms with Gasteiger partial charge in [-0.3, -0.25) is 4.79 Å². The van der Waals surface area contributed by atoms with Gasteiger partial charge in [-0.15, -0.1) is 5.10 Å². The van der Waals surface area contributed by atoms with E-state index in [2.05, 4.69) is 36.0 Å². The molecular weight excluding hydrogens is 427 g/mol. The molecule has 0 radical (unpaired) electrons. The summed E-state index contributed by atoms with van der Waals surface area (Å²) in [5.41, 5.74) is 1.27. The van der Waals surface area contributed by atoms with E-state index in [0.29, 0.717) is 36.0 Å². The highest BCUT2D eigenvalue weighted by atomic mass is 19.4. The molecular formula is C19H26F3N9O. The van der Waals surface area contributed by atoms with Gasteiger partial charge in [0.15, 0.2) is 5.82 Å². The molecule has 1 fully saturated rings.